The van der Waals surface area contributed by atoms with Crippen molar-refractivity contribution in [2.75, 3.05) is 9.80 Å². The van der Waals surface area contributed by atoms with Crippen LogP contribution in [0, 0.1) is 0 Å². The molecule has 0 aliphatic carbocycles. The first-order chi connectivity index (χ1) is 27.8. The molecule has 2 heteroatoms. The fourth-order valence-electron chi connectivity index (χ4n) is 8.15. The molecule has 10 aromatic rings. The molecule has 0 aromatic heterocycles. The molecule has 0 heterocycles. The van der Waals surface area contributed by atoms with Crippen molar-refractivity contribution in [3.63, 3.8) is 0 Å². The maximum atomic E-state index is 2.38. The van der Waals surface area contributed by atoms with E-state index >= 15 is 0 Å². The monoisotopic (exact) mass is 714 g/mol. The molecule has 0 bridgehead atoms. The summed E-state index contributed by atoms with van der Waals surface area (Å²) in [4.78, 5) is 4.62. The van der Waals surface area contributed by atoms with E-state index in [9.17, 15) is 0 Å². The Labute approximate surface area is 327 Å². The van der Waals surface area contributed by atoms with Gasteiger partial charge in [0.25, 0.3) is 0 Å². The number of anilines is 6. The maximum absolute atomic E-state index is 2.38. The summed E-state index contributed by atoms with van der Waals surface area (Å²) in [6.07, 6.45) is 0. The molecule has 0 saturated heterocycles. The lowest BCUT2D eigenvalue weighted by Crippen LogP contribution is -2.09. The van der Waals surface area contributed by atoms with E-state index in [4.69, 9.17) is 0 Å². The molecule has 0 aliphatic rings. The molecule has 0 saturated carbocycles. The molecule has 56 heavy (non-hydrogen) atoms. The van der Waals surface area contributed by atoms with Gasteiger partial charge in [-0.1, -0.05) is 146 Å². The SMILES string of the molecule is c1ccc(N(c2ccccc2)c2ccc(-c3ccc4c5ccc(-c6cccc(N(c7ccccc7)c7ccccc7)c6)cc5c5ccccc5c4c3)cc2)cc1. The van der Waals surface area contributed by atoms with E-state index in [1.54, 1.807) is 0 Å². The summed E-state index contributed by atoms with van der Waals surface area (Å²) in [5.41, 5.74) is 11.5. The summed E-state index contributed by atoms with van der Waals surface area (Å²) in [5, 5.41) is 7.57. The Bertz CT molecular complexity index is 2840. The molecule has 0 fully saturated rings. The van der Waals surface area contributed by atoms with Crippen LogP contribution in [0.15, 0.2) is 231 Å². The van der Waals surface area contributed by atoms with Gasteiger partial charge < -0.3 is 9.80 Å². The van der Waals surface area contributed by atoms with Gasteiger partial charge in [-0.05, 0) is 140 Å². The summed E-state index contributed by atoms with van der Waals surface area (Å²) in [5.74, 6) is 0. The zero-order chi connectivity index (χ0) is 37.3. The molecule has 10 rings (SSSR count). The van der Waals surface area contributed by atoms with Crippen molar-refractivity contribution in [2.45, 2.75) is 0 Å². The van der Waals surface area contributed by atoms with Crippen LogP contribution in [-0.4, -0.2) is 0 Å². The van der Waals surface area contributed by atoms with Crippen molar-refractivity contribution in [3.05, 3.63) is 231 Å². The fraction of sp³-hybridized carbons (Fsp3) is 0. The molecule has 10 aromatic carbocycles. The van der Waals surface area contributed by atoms with E-state index in [1.807, 2.05) is 0 Å². The fourth-order valence-corrected chi connectivity index (χ4v) is 8.15. The Morgan fingerprint density at radius 2 is 0.500 bits per heavy atom. The number of benzene rings is 10. The van der Waals surface area contributed by atoms with Crippen molar-refractivity contribution in [3.8, 4) is 22.3 Å². The predicted molar refractivity (Wildman–Crippen MR) is 239 cm³/mol. The zero-order valence-corrected chi connectivity index (χ0v) is 30.8. The lowest BCUT2D eigenvalue weighted by molar-refractivity contribution is 1.28. The first-order valence-corrected chi connectivity index (χ1v) is 19.2. The molecule has 2 nitrogen and oxygen atoms in total. The Hall–Kier alpha value is -7.42. The number of nitrogens with zero attached hydrogens (tertiary/aromatic N) is 2. The van der Waals surface area contributed by atoms with Gasteiger partial charge in [0.2, 0.25) is 0 Å². The topological polar surface area (TPSA) is 6.48 Å². The van der Waals surface area contributed by atoms with Crippen molar-refractivity contribution >= 4 is 66.4 Å². The molecule has 0 atom stereocenters. The molecular weight excluding hydrogens is 677 g/mol. The standard InChI is InChI=1S/C54H38N2/c1-5-17-43(18-6-1)55(44-19-7-2-8-20-44)47-32-28-39(29-33-47)41-30-34-51-52-35-31-42(38-54(52)50-27-14-13-26-49(50)53(51)37-41)40-16-15-25-48(36-40)56(45-21-9-3-10-22-45)46-23-11-4-12-24-46/h1-38H. The largest absolute Gasteiger partial charge is 0.311 e. The van der Waals surface area contributed by atoms with Gasteiger partial charge in [0.05, 0.1) is 0 Å². The van der Waals surface area contributed by atoms with Crippen LogP contribution in [0.4, 0.5) is 34.1 Å². The molecule has 0 N–H and O–H groups in total. The van der Waals surface area contributed by atoms with Crippen LogP contribution in [0.2, 0.25) is 0 Å². The molecule has 0 unspecified atom stereocenters. The normalized spacial score (nSPS) is 11.2. The van der Waals surface area contributed by atoms with Crippen molar-refractivity contribution in [1.82, 2.24) is 0 Å². The third-order valence-electron chi connectivity index (χ3n) is 10.8. The van der Waals surface area contributed by atoms with Crippen LogP contribution in [0.1, 0.15) is 0 Å². The van der Waals surface area contributed by atoms with Gasteiger partial charge in [0.15, 0.2) is 0 Å². The number of hydrogen-bond acceptors (Lipinski definition) is 2. The highest BCUT2D eigenvalue weighted by Crippen LogP contribution is 2.41. The first-order valence-electron chi connectivity index (χ1n) is 19.2. The Kier molecular flexibility index (Phi) is 8.55. The number of hydrogen-bond donors (Lipinski definition) is 0. The second-order valence-electron chi connectivity index (χ2n) is 14.2. The highest BCUT2D eigenvalue weighted by Gasteiger charge is 2.16. The van der Waals surface area contributed by atoms with Gasteiger partial charge in [0.1, 0.15) is 0 Å². The third-order valence-corrected chi connectivity index (χ3v) is 10.8. The van der Waals surface area contributed by atoms with Gasteiger partial charge in [-0.15, -0.1) is 0 Å². The smallest absolute Gasteiger partial charge is 0.0467 e. The van der Waals surface area contributed by atoms with Crippen LogP contribution >= 0.6 is 0 Å². The van der Waals surface area contributed by atoms with Crippen LogP contribution in [0.25, 0.3) is 54.6 Å². The van der Waals surface area contributed by atoms with E-state index in [0.717, 1.165) is 34.1 Å². The summed E-state index contributed by atoms with van der Waals surface area (Å²) < 4.78 is 0. The van der Waals surface area contributed by atoms with Gasteiger partial charge in [0, 0.05) is 34.1 Å². The first kappa shape index (κ1) is 33.2. The molecule has 0 spiro atoms. The molecule has 0 amide bonds. The van der Waals surface area contributed by atoms with E-state index in [0.29, 0.717) is 0 Å². The second kappa shape index (κ2) is 14.4. The minimum atomic E-state index is 1.12. The highest BCUT2D eigenvalue weighted by molar-refractivity contribution is 6.26. The Balaban J connectivity index is 1.04. The summed E-state index contributed by atoms with van der Waals surface area (Å²) in [6, 6.07) is 82.9. The zero-order valence-electron chi connectivity index (χ0n) is 30.8. The molecule has 264 valence electrons. The quantitative estimate of drug-likeness (QED) is 0.145. The van der Waals surface area contributed by atoms with Crippen LogP contribution < -0.4 is 9.80 Å². The number of fused-ring (bicyclic) bond motifs is 6. The van der Waals surface area contributed by atoms with E-state index in [1.165, 1.54) is 54.6 Å². The van der Waals surface area contributed by atoms with Gasteiger partial charge in [-0.3, -0.25) is 0 Å². The van der Waals surface area contributed by atoms with E-state index in [-0.39, 0.29) is 0 Å². The van der Waals surface area contributed by atoms with E-state index < -0.39 is 0 Å². The Morgan fingerprint density at radius 3 is 0.964 bits per heavy atom. The average Bonchev–Trinajstić information content (AvgIpc) is 3.28. The number of rotatable bonds is 8. The molecule has 0 radical (unpaired) electrons. The van der Waals surface area contributed by atoms with Gasteiger partial charge in [-0.25, -0.2) is 0 Å². The number of para-hydroxylation sites is 4. The maximum Gasteiger partial charge on any atom is 0.0467 e. The van der Waals surface area contributed by atoms with E-state index in [2.05, 4.69) is 240 Å². The minimum absolute atomic E-state index is 1.12. The second-order valence-corrected chi connectivity index (χ2v) is 14.2. The highest BCUT2D eigenvalue weighted by atomic mass is 15.1. The molecule has 0 aliphatic heterocycles. The van der Waals surface area contributed by atoms with Crippen molar-refractivity contribution < 1.29 is 0 Å². The van der Waals surface area contributed by atoms with Crippen LogP contribution in [-0.2, 0) is 0 Å². The summed E-state index contributed by atoms with van der Waals surface area (Å²) in [7, 11) is 0. The van der Waals surface area contributed by atoms with Gasteiger partial charge in [-0.2, -0.15) is 0 Å². The van der Waals surface area contributed by atoms with Crippen LogP contribution in [0.3, 0.4) is 0 Å². The lowest BCUT2D eigenvalue weighted by Gasteiger charge is -2.26. The third kappa shape index (κ3) is 6.14. The average molecular weight is 715 g/mol. The predicted octanol–water partition coefficient (Wildman–Crippen LogP) is 15.4. The van der Waals surface area contributed by atoms with Crippen molar-refractivity contribution in [2.24, 2.45) is 0 Å². The molecular formula is C54H38N2. The van der Waals surface area contributed by atoms with Crippen molar-refractivity contribution in [1.29, 1.82) is 0 Å². The van der Waals surface area contributed by atoms with Crippen LogP contribution in [0.5, 0.6) is 0 Å². The summed E-state index contributed by atoms with van der Waals surface area (Å²) in [6.45, 7) is 0. The lowest BCUT2D eigenvalue weighted by atomic mass is 9.90. The van der Waals surface area contributed by atoms with Gasteiger partial charge >= 0.3 is 0 Å². The minimum Gasteiger partial charge on any atom is -0.311 e. The Morgan fingerprint density at radius 1 is 0.179 bits per heavy atom. The summed E-state index contributed by atoms with van der Waals surface area (Å²) >= 11 is 0.